The topological polar surface area (TPSA) is 17.1 Å². The van der Waals surface area contributed by atoms with E-state index in [0.29, 0.717) is 5.57 Å². The molecule has 0 spiro atoms. The molecular formula is C6H7ClO. The van der Waals surface area contributed by atoms with E-state index in [1.165, 1.54) is 0 Å². The zero-order valence-corrected chi connectivity index (χ0v) is 5.40. The fourth-order valence-corrected chi connectivity index (χ4v) is 0.330. The van der Waals surface area contributed by atoms with Crippen molar-refractivity contribution in [1.29, 1.82) is 0 Å². The molecule has 0 rings (SSSR count). The van der Waals surface area contributed by atoms with Crippen molar-refractivity contribution in [2.75, 3.05) is 0 Å². The van der Waals surface area contributed by atoms with E-state index in [1.807, 2.05) is 0 Å². The minimum Gasteiger partial charge on any atom is -0.276 e. The number of hydrogen-bond donors (Lipinski definition) is 0. The summed E-state index contributed by atoms with van der Waals surface area (Å²) in [6, 6.07) is 0. The maximum Gasteiger partial charge on any atom is 0.251 e. The van der Waals surface area contributed by atoms with Gasteiger partial charge in [-0.05, 0) is 18.5 Å². The molecule has 0 amide bonds. The van der Waals surface area contributed by atoms with E-state index in [1.54, 1.807) is 19.1 Å². The zero-order chi connectivity index (χ0) is 6.57. The number of rotatable bonds is 2. The summed E-state index contributed by atoms with van der Waals surface area (Å²) in [5, 5.41) is -0.497. The third kappa shape index (κ3) is 2.59. The highest BCUT2D eigenvalue weighted by molar-refractivity contribution is 6.68. The van der Waals surface area contributed by atoms with E-state index in [-0.39, 0.29) is 0 Å². The maximum absolute atomic E-state index is 10.1. The van der Waals surface area contributed by atoms with Gasteiger partial charge in [-0.2, -0.15) is 0 Å². The SMILES string of the molecule is C=C(C=CC)C(=O)Cl. The second-order valence-corrected chi connectivity index (χ2v) is 1.64. The molecule has 0 heterocycles. The van der Waals surface area contributed by atoms with Gasteiger partial charge in [0.05, 0.1) is 0 Å². The fourth-order valence-electron chi connectivity index (χ4n) is 0.267. The normalized spacial score (nSPS) is 9.75. The summed E-state index contributed by atoms with van der Waals surface area (Å²) in [6.45, 7) is 5.17. The van der Waals surface area contributed by atoms with Crippen molar-refractivity contribution in [3.63, 3.8) is 0 Å². The van der Waals surface area contributed by atoms with Gasteiger partial charge in [-0.3, -0.25) is 4.79 Å². The fraction of sp³-hybridized carbons (Fsp3) is 0.167. The van der Waals surface area contributed by atoms with Crippen molar-refractivity contribution in [3.05, 3.63) is 24.3 Å². The molecule has 44 valence electrons. The first kappa shape index (κ1) is 7.44. The van der Waals surface area contributed by atoms with E-state index in [9.17, 15) is 4.79 Å². The van der Waals surface area contributed by atoms with Crippen LogP contribution in [0.25, 0.3) is 0 Å². The van der Waals surface area contributed by atoms with Crippen LogP contribution in [0, 0.1) is 0 Å². The first-order valence-electron chi connectivity index (χ1n) is 2.20. The van der Waals surface area contributed by atoms with Crippen LogP contribution in [0.1, 0.15) is 6.92 Å². The van der Waals surface area contributed by atoms with Gasteiger partial charge < -0.3 is 0 Å². The summed E-state index contributed by atoms with van der Waals surface area (Å²) in [5.41, 5.74) is 0.328. The van der Waals surface area contributed by atoms with Gasteiger partial charge in [0.1, 0.15) is 0 Å². The van der Waals surface area contributed by atoms with E-state index in [0.717, 1.165) is 0 Å². The Kier molecular flexibility index (Phi) is 3.20. The molecule has 0 aromatic carbocycles. The van der Waals surface area contributed by atoms with Gasteiger partial charge in [0.25, 0.3) is 5.24 Å². The van der Waals surface area contributed by atoms with Crippen molar-refractivity contribution < 1.29 is 4.79 Å². The molecule has 0 aliphatic heterocycles. The highest BCUT2D eigenvalue weighted by Crippen LogP contribution is 1.97. The Balaban J connectivity index is 3.85. The second kappa shape index (κ2) is 3.44. The summed E-state index contributed by atoms with van der Waals surface area (Å²) in [4.78, 5) is 10.1. The minimum absolute atomic E-state index is 0.328. The van der Waals surface area contributed by atoms with Gasteiger partial charge in [-0.25, -0.2) is 0 Å². The Hall–Kier alpha value is -0.560. The molecule has 0 bridgehead atoms. The van der Waals surface area contributed by atoms with E-state index in [4.69, 9.17) is 11.6 Å². The summed E-state index contributed by atoms with van der Waals surface area (Å²) in [5.74, 6) is 0. The van der Waals surface area contributed by atoms with E-state index >= 15 is 0 Å². The molecule has 0 fully saturated rings. The summed E-state index contributed by atoms with van der Waals surface area (Å²) in [6.07, 6.45) is 3.28. The average Bonchev–Trinajstić information content (AvgIpc) is 1.67. The van der Waals surface area contributed by atoms with Gasteiger partial charge >= 0.3 is 0 Å². The van der Waals surface area contributed by atoms with E-state index < -0.39 is 5.24 Å². The number of carbonyl (C=O) groups excluding carboxylic acids is 1. The Labute approximate surface area is 53.6 Å². The predicted molar refractivity (Wildman–Crippen MR) is 34.8 cm³/mol. The van der Waals surface area contributed by atoms with Crippen LogP contribution >= 0.6 is 11.6 Å². The van der Waals surface area contributed by atoms with Crippen molar-refractivity contribution in [1.82, 2.24) is 0 Å². The van der Waals surface area contributed by atoms with Crippen LogP contribution in [0.3, 0.4) is 0 Å². The number of halogens is 1. The predicted octanol–water partition coefficient (Wildman–Crippen LogP) is 1.88. The molecule has 0 radical (unpaired) electrons. The second-order valence-electron chi connectivity index (χ2n) is 1.30. The van der Waals surface area contributed by atoms with Gasteiger partial charge in [-0.15, -0.1) is 0 Å². The summed E-state index contributed by atoms with van der Waals surface area (Å²) < 4.78 is 0. The van der Waals surface area contributed by atoms with Crippen LogP contribution in [0.15, 0.2) is 24.3 Å². The van der Waals surface area contributed by atoms with Gasteiger partial charge in [-0.1, -0.05) is 18.7 Å². The van der Waals surface area contributed by atoms with Crippen LogP contribution in [-0.2, 0) is 4.79 Å². The molecule has 0 N–H and O–H groups in total. The standard InChI is InChI=1S/C6H7ClO/c1-3-4-5(2)6(7)8/h3-4H,2H2,1H3. The number of allylic oxidation sites excluding steroid dienone is 3. The molecular weight excluding hydrogens is 124 g/mol. The van der Waals surface area contributed by atoms with E-state index in [2.05, 4.69) is 6.58 Å². The highest BCUT2D eigenvalue weighted by atomic mass is 35.5. The third-order valence-corrected chi connectivity index (χ3v) is 0.863. The third-order valence-electron chi connectivity index (χ3n) is 0.620. The number of carbonyl (C=O) groups is 1. The first-order chi connectivity index (χ1) is 3.68. The van der Waals surface area contributed by atoms with Crippen molar-refractivity contribution in [2.24, 2.45) is 0 Å². The van der Waals surface area contributed by atoms with Crippen LogP contribution in [0.2, 0.25) is 0 Å². The van der Waals surface area contributed by atoms with Gasteiger partial charge in [0.2, 0.25) is 0 Å². The average molecular weight is 131 g/mol. The Morgan fingerprint density at radius 1 is 1.75 bits per heavy atom. The monoisotopic (exact) mass is 130 g/mol. The Bertz CT molecular complexity index is 135. The minimum atomic E-state index is -0.497. The Morgan fingerprint density at radius 2 is 2.25 bits per heavy atom. The lowest BCUT2D eigenvalue weighted by Gasteiger charge is -1.83. The van der Waals surface area contributed by atoms with Crippen molar-refractivity contribution in [2.45, 2.75) is 6.92 Å². The lowest BCUT2D eigenvalue weighted by atomic mass is 10.3. The molecule has 8 heavy (non-hydrogen) atoms. The van der Waals surface area contributed by atoms with Crippen molar-refractivity contribution in [3.8, 4) is 0 Å². The Morgan fingerprint density at radius 3 is 2.38 bits per heavy atom. The van der Waals surface area contributed by atoms with Crippen molar-refractivity contribution >= 4 is 16.8 Å². The summed E-state index contributed by atoms with van der Waals surface area (Å²) in [7, 11) is 0. The van der Waals surface area contributed by atoms with Crippen LogP contribution in [-0.4, -0.2) is 5.24 Å². The van der Waals surface area contributed by atoms with Crippen LogP contribution in [0.5, 0.6) is 0 Å². The van der Waals surface area contributed by atoms with Crippen LogP contribution in [0.4, 0.5) is 0 Å². The highest BCUT2D eigenvalue weighted by Gasteiger charge is 1.94. The largest absolute Gasteiger partial charge is 0.276 e. The lowest BCUT2D eigenvalue weighted by Crippen LogP contribution is -1.84. The summed E-state index contributed by atoms with van der Waals surface area (Å²) >= 11 is 5.02. The molecule has 0 atom stereocenters. The zero-order valence-electron chi connectivity index (χ0n) is 4.65. The molecule has 0 aromatic heterocycles. The molecule has 0 unspecified atom stereocenters. The lowest BCUT2D eigenvalue weighted by molar-refractivity contribution is -0.108. The quantitative estimate of drug-likeness (QED) is 0.317. The molecule has 1 nitrogen and oxygen atoms in total. The molecule has 2 heteroatoms. The number of hydrogen-bond acceptors (Lipinski definition) is 1. The van der Waals surface area contributed by atoms with Gasteiger partial charge in [0, 0.05) is 5.57 Å². The first-order valence-corrected chi connectivity index (χ1v) is 2.57. The molecule has 0 aliphatic rings. The van der Waals surface area contributed by atoms with Crippen LogP contribution < -0.4 is 0 Å². The molecule has 0 aliphatic carbocycles. The van der Waals surface area contributed by atoms with Gasteiger partial charge in [0.15, 0.2) is 0 Å². The molecule has 0 saturated heterocycles. The molecule has 0 saturated carbocycles. The molecule has 0 aromatic rings. The maximum atomic E-state index is 10.1. The smallest absolute Gasteiger partial charge is 0.251 e.